The first-order valence-corrected chi connectivity index (χ1v) is 12.6. The minimum absolute atomic E-state index is 0.0340. The average Bonchev–Trinajstić information content (AvgIpc) is 3.51. The zero-order valence-corrected chi connectivity index (χ0v) is 20.1. The Balaban J connectivity index is 1.37. The normalized spacial score (nSPS) is 10.8. The summed E-state index contributed by atoms with van der Waals surface area (Å²) in [6, 6.07) is 22.2. The van der Waals surface area contributed by atoms with Gasteiger partial charge >= 0.3 is 0 Å². The molecule has 0 bridgehead atoms. The summed E-state index contributed by atoms with van der Waals surface area (Å²) in [5, 5.41) is 14.7. The van der Waals surface area contributed by atoms with Crippen LogP contribution in [0, 0.1) is 0 Å². The fraction of sp³-hybridized carbons (Fsp3) is 0.240. The minimum atomic E-state index is -0.0340. The van der Waals surface area contributed by atoms with Crippen molar-refractivity contribution >= 4 is 29.0 Å². The third-order valence-corrected chi connectivity index (χ3v) is 7.00. The van der Waals surface area contributed by atoms with Crippen LogP contribution in [0.2, 0.25) is 0 Å². The number of hydrogen-bond acceptors (Lipinski definition) is 6. The first-order valence-electron chi connectivity index (χ1n) is 10.7. The molecule has 4 rings (SSSR count). The van der Waals surface area contributed by atoms with Gasteiger partial charge in [-0.3, -0.25) is 4.79 Å². The molecule has 0 spiro atoms. The third-order valence-electron chi connectivity index (χ3n) is 5.15. The zero-order valence-electron chi connectivity index (χ0n) is 18.4. The lowest BCUT2D eigenvalue weighted by atomic mass is 10.1. The van der Waals surface area contributed by atoms with Crippen molar-refractivity contribution in [3.63, 3.8) is 0 Å². The van der Waals surface area contributed by atoms with Crippen molar-refractivity contribution in [1.82, 2.24) is 20.1 Å². The SMILES string of the molecule is COc1ccc(CNC(=O)CSc2nnc(Cc3cccs3)n2CCc2ccccc2)cc1. The number of methoxy groups -OCH3 is 1. The molecule has 0 saturated carbocycles. The van der Waals surface area contributed by atoms with Crippen LogP contribution in [0.5, 0.6) is 5.75 Å². The van der Waals surface area contributed by atoms with E-state index in [9.17, 15) is 4.79 Å². The highest BCUT2D eigenvalue weighted by Crippen LogP contribution is 2.21. The fourth-order valence-electron chi connectivity index (χ4n) is 3.36. The summed E-state index contributed by atoms with van der Waals surface area (Å²) < 4.78 is 7.32. The zero-order chi connectivity index (χ0) is 22.9. The van der Waals surface area contributed by atoms with Gasteiger partial charge in [0.25, 0.3) is 0 Å². The quantitative estimate of drug-likeness (QED) is 0.319. The Kier molecular flexibility index (Phi) is 8.16. The van der Waals surface area contributed by atoms with Crippen molar-refractivity contribution in [3.8, 4) is 5.75 Å². The van der Waals surface area contributed by atoms with Crippen molar-refractivity contribution in [1.29, 1.82) is 0 Å². The van der Waals surface area contributed by atoms with Gasteiger partial charge in [0.05, 0.1) is 12.9 Å². The molecule has 170 valence electrons. The standard InChI is InChI=1S/C25H26N4O2S2/c1-31-21-11-9-20(10-12-21)17-26-24(30)18-33-25-28-27-23(16-22-8-5-15-32-22)29(25)14-13-19-6-3-2-4-7-19/h2-12,15H,13-14,16-18H2,1H3,(H,26,30). The Morgan fingerprint density at radius 3 is 2.58 bits per heavy atom. The number of carbonyl (C=O) groups excluding carboxylic acids is 1. The number of nitrogens with one attached hydrogen (secondary N) is 1. The molecule has 0 aliphatic heterocycles. The molecule has 2 aromatic heterocycles. The molecule has 8 heteroatoms. The number of ether oxygens (including phenoxy) is 1. The van der Waals surface area contributed by atoms with Crippen molar-refractivity contribution in [3.05, 3.63) is 93.9 Å². The lowest BCUT2D eigenvalue weighted by Gasteiger charge is -2.10. The predicted octanol–water partition coefficient (Wildman–Crippen LogP) is 4.59. The van der Waals surface area contributed by atoms with E-state index in [0.717, 1.165) is 41.7 Å². The molecule has 0 aliphatic rings. The van der Waals surface area contributed by atoms with Crippen LogP contribution >= 0.6 is 23.1 Å². The molecule has 0 unspecified atom stereocenters. The summed E-state index contributed by atoms with van der Waals surface area (Å²) in [6.07, 6.45) is 1.62. The Labute approximate surface area is 202 Å². The largest absolute Gasteiger partial charge is 0.497 e. The predicted molar refractivity (Wildman–Crippen MR) is 133 cm³/mol. The molecule has 2 aromatic carbocycles. The van der Waals surface area contributed by atoms with Crippen LogP contribution in [0.1, 0.15) is 21.8 Å². The summed E-state index contributed by atoms with van der Waals surface area (Å²) >= 11 is 3.14. The van der Waals surface area contributed by atoms with E-state index in [0.29, 0.717) is 12.3 Å². The number of thioether (sulfide) groups is 1. The maximum absolute atomic E-state index is 12.5. The number of amides is 1. The number of aromatic nitrogens is 3. The first kappa shape index (κ1) is 23.1. The van der Waals surface area contributed by atoms with Gasteiger partial charge in [-0.2, -0.15) is 0 Å². The van der Waals surface area contributed by atoms with Gasteiger partial charge < -0.3 is 14.6 Å². The van der Waals surface area contributed by atoms with Gasteiger partial charge in [-0.25, -0.2) is 0 Å². The van der Waals surface area contributed by atoms with Crippen LogP contribution < -0.4 is 10.1 Å². The molecular weight excluding hydrogens is 452 g/mol. The topological polar surface area (TPSA) is 69.0 Å². The molecule has 1 N–H and O–H groups in total. The summed E-state index contributed by atoms with van der Waals surface area (Å²) in [5.74, 6) is 1.98. The lowest BCUT2D eigenvalue weighted by Crippen LogP contribution is -2.24. The highest BCUT2D eigenvalue weighted by molar-refractivity contribution is 7.99. The number of nitrogens with zero attached hydrogens (tertiary/aromatic N) is 3. The van der Waals surface area contributed by atoms with Gasteiger partial charge in [0, 0.05) is 24.4 Å². The smallest absolute Gasteiger partial charge is 0.230 e. The van der Waals surface area contributed by atoms with Gasteiger partial charge in [0.2, 0.25) is 5.91 Å². The summed E-state index contributed by atoms with van der Waals surface area (Å²) in [6.45, 7) is 1.25. The molecule has 2 heterocycles. The van der Waals surface area contributed by atoms with E-state index in [4.69, 9.17) is 4.74 Å². The number of thiophene rings is 1. The molecular formula is C25H26N4O2S2. The van der Waals surface area contributed by atoms with Crippen LogP contribution in [-0.4, -0.2) is 33.5 Å². The fourth-order valence-corrected chi connectivity index (χ4v) is 4.88. The summed E-state index contributed by atoms with van der Waals surface area (Å²) in [5.41, 5.74) is 2.29. The maximum atomic E-state index is 12.5. The van der Waals surface area contributed by atoms with E-state index in [1.807, 2.05) is 36.4 Å². The monoisotopic (exact) mass is 478 g/mol. The van der Waals surface area contributed by atoms with Gasteiger partial charge in [-0.1, -0.05) is 60.3 Å². The third kappa shape index (κ3) is 6.69. The average molecular weight is 479 g/mol. The summed E-state index contributed by atoms with van der Waals surface area (Å²) in [7, 11) is 1.64. The second-order valence-electron chi connectivity index (χ2n) is 7.46. The van der Waals surface area contributed by atoms with Crippen molar-refractivity contribution in [2.24, 2.45) is 0 Å². The van der Waals surface area contributed by atoms with E-state index in [2.05, 4.69) is 55.8 Å². The second kappa shape index (κ2) is 11.7. The highest BCUT2D eigenvalue weighted by Gasteiger charge is 2.15. The molecule has 0 atom stereocenters. The van der Waals surface area contributed by atoms with Crippen LogP contribution in [0.25, 0.3) is 0 Å². The maximum Gasteiger partial charge on any atom is 0.230 e. The van der Waals surface area contributed by atoms with E-state index < -0.39 is 0 Å². The molecule has 0 fully saturated rings. The van der Waals surface area contributed by atoms with Crippen molar-refractivity contribution in [2.45, 2.75) is 31.1 Å². The second-order valence-corrected chi connectivity index (χ2v) is 9.43. The summed E-state index contributed by atoms with van der Waals surface area (Å²) in [4.78, 5) is 13.7. The molecule has 0 aliphatic carbocycles. The van der Waals surface area contributed by atoms with E-state index in [1.54, 1.807) is 18.4 Å². The molecule has 33 heavy (non-hydrogen) atoms. The Hall–Kier alpha value is -3.10. The van der Waals surface area contributed by atoms with Crippen molar-refractivity contribution < 1.29 is 9.53 Å². The van der Waals surface area contributed by atoms with E-state index >= 15 is 0 Å². The lowest BCUT2D eigenvalue weighted by molar-refractivity contribution is -0.118. The Bertz CT molecular complexity index is 1140. The van der Waals surface area contributed by atoms with Gasteiger partial charge in [0.15, 0.2) is 5.16 Å². The number of aryl methyl sites for hydroxylation is 1. The molecule has 0 radical (unpaired) electrons. The van der Waals surface area contributed by atoms with Crippen LogP contribution in [-0.2, 0) is 30.7 Å². The number of carbonyl (C=O) groups is 1. The molecule has 0 saturated heterocycles. The molecule has 1 amide bonds. The van der Waals surface area contributed by atoms with E-state index in [-0.39, 0.29) is 5.91 Å². The van der Waals surface area contributed by atoms with Crippen LogP contribution in [0.15, 0.2) is 77.3 Å². The number of hydrogen-bond donors (Lipinski definition) is 1. The highest BCUT2D eigenvalue weighted by atomic mass is 32.2. The molecule has 4 aromatic rings. The minimum Gasteiger partial charge on any atom is -0.497 e. The van der Waals surface area contributed by atoms with Gasteiger partial charge in [0.1, 0.15) is 11.6 Å². The Morgan fingerprint density at radius 1 is 1.03 bits per heavy atom. The van der Waals surface area contributed by atoms with Gasteiger partial charge in [-0.05, 0) is 41.1 Å². The van der Waals surface area contributed by atoms with Crippen molar-refractivity contribution in [2.75, 3.05) is 12.9 Å². The van der Waals surface area contributed by atoms with Crippen LogP contribution in [0.3, 0.4) is 0 Å². The van der Waals surface area contributed by atoms with Gasteiger partial charge in [-0.15, -0.1) is 21.5 Å². The van der Waals surface area contributed by atoms with Crippen LogP contribution in [0.4, 0.5) is 0 Å². The number of rotatable bonds is 11. The Morgan fingerprint density at radius 2 is 1.85 bits per heavy atom. The van der Waals surface area contributed by atoms with E-state index in [1.165, 1.54) is 22.2 Å². The number of benzene rings is 2. The first-order chi connectivity index (χ1) is 16.2. The molecule has 6 nitrogen and oxygen atoms in total.